The number of nitrogens with one attached hydrogen (secondary N) is 3. The normalized spacial score (nSPS) is 10.6. The Morgan fingerprint density at radius 1 is 0.784 bits per heavy atom. The van der Waals surface area contributed by atoms with Crippen LogP contribution in [0.5, 0.6) is 23.0 Å². The molecule has 3 rings (SSSR count). The lowest BCUT2D eigenvalue weighted by molar-refractivity contribution is 0.241. The van der Waals surface area contributed by atoms with Gasteiger partial charge in [0.1, 0.15) is 28.7 Å². The topological polar surface area (TPSA) is 87.2 Å². The third kappa shape index (κ3) is 19.2. The van der Waals surface area contributed by atoms with Crippen molar-refractivity contribution in [1.29, 1.82) is 0 Å². The molecule has 0 heterocycles. The molecule has 288 valence electrons. The third-order valence-electron chi connectivity index (χ3n) is 7.82. The summed E-state index contributed by atoms with van der Waals surface area (Å²) in [5.74, 6) is 2.31. The Labute approximate surface area is 315 Å². The number of phenolic OH excluding ortho intramolecular Hbond substituents is 1. The molecule has 9 heteroatoms. The first kappa shape index (κ1) is 45.7. The van der Waals surface area contributed by atoms with Crippen LogP contribution in [0.15, 0.2) is 54.6 Å². The number of rotatable bonds is 23. The van der Waals surface area contributed by atoms with Crippen LogP contribution in [0, 0.1) is 0 Å². The summed E-state index contributed by atoms with van der Waals surface area (Å²) < 4.78 is 18.3. The first-order valence-electron chi connectivity index (χ1n) is 19.3. The van der Waals surface area contributed by atoms with Crippen molar-refractivity contribution in [3.63, 3.8) is 0 Å². The maximum absolute atomic E-state index is 11.0. The van der Waals surface area contributed by atoms with Crippen LogP contribution in [0.1, 0.15) is 99.1 Å². The van der Waals surface area contributed by atoms with E-state index in [4.69, 9.17) is 25.8 Å². The number of benzene rings is 3. The molecule has 0 saturated heterocycles. The highest BCUT2D eigenvalue weighted by atomic mass is 35.5. The van der Waals surface area contributed by atoms with Crippen molar-refractivity contribution in [1.82, 2.24) is 10.2 Å². The van der Waals surface area contributed by atoms with E-state index in [1.165, 1.54) is 12.0 Å². The third-order valence-corrected chi connectivity index (χ3v) is 8.08. The van der Waals surface area contributed by atoms with Crippen LogP contribution in [0.4, 0.5) is 11.4 Å². The van der Waals surface area contributed by atoms with Gasteiger partial charge in [-0.2, -0.15) is 0 Å². The van der Waals surface area contributed by atoms with E-state index >= 15 is 0 Å². The van der Waals surface area contributed by atoms with E-state index in [0.29, 0.717) is 31.2 Å². The minimum Gasteiger partial charge on any atom is -0.506 e. The van der Waals surface area contributed by atoms with Crippen molar-refractivity contribution in [2.24, 2.45) is 0 Å². The van der Waals surface area contributed by atoms with Crippen molar-refractivity contribution in [3.8, 4) is 23.0 Å². The fourth-order valence-electron chi connectivity index (χ4n) is 5.06. The maximum Gasteiger partial charge on any atom is 0.144 e. The van der Waals surface area contributed by atoms with Crippen molar-refractivity contribution in [2.45, 2.75) is 107 Å². The number of ether oxygens (including phenoxy) is 3. The van der Waals surface area contributed by atoms with E-state index in [1.807, 2.05) is 76.2 Å². The monoisotopic (exact) mass is 729 g/mol. The second-order valence-corrected chi connectivity index (χ2v) is 12.7. The Kier molecular flexibility index (Phi) is 25.3. The highest BCUT2D eigenvalue weighted by Crippen LogP contribution is 2.38. The second-order valence-electron chi connectivity index (χ2n) is 12.2. The van der Waals surface area contributed by atoms with Gasteiger partial charge in [-0.1, -0.05) is 78.6 Å². The van der Waals surface area contributed by atoms with Gasteiger partial charge in [-0.3, -0.25) is 0 Å². The average molecular weight is 729 g/mol. The van der Waals surface area contributed by atoms with Crippen LogP contribution in [-0.4, -0.2) is 68.6 Å². The molecule has 0 aromatic heterocycles. The summed E-state index contributed by atoms with van der Waals surface area (Å²) in [6.45, 7) is 26.5. The summed E-state index contributed by atoms with van der Waals surface area (Å²) in [5.41, 5.74) is 3.61. The molecule has 0 radical (unpaired) electrons. The van der Waals surface area contributed by atoms with Gasteiger partial charge in [-0.05, 0) is 89.1 Å². The van der Waals surface area contributed by atoms with Gasteiger partial charge in [0.25, 0.3) is 0 Å². The van der Waals surface area contributed by atoms with Crippen LogP contribution >= 0.6 is 11.6 Å². The number of hydrogen-bond acceptors (Lipinski definition) is 8. The molecular formula is C42H69ClN4O4. The van der Waals surface area contributed by atoms with Gasteiger partial charge in [-0.15, -0.1) is 0 Å². The molecule has 0 amide bonds. The minimum absolute atomic E-state index is 0.00932. The zero-order chi connectivity index (χ0) is 37.9. The quantitative estimate of drug-likeness (QED) is 0.0567. The summed E-state index contributed by atoms with van der Waals surface area (Å²) in [6.07, 6.45) is 5.07. The highest BCUT2D eigenvalue weighted by Gasteiger charge is 2.14. The van der Waals surface area contributed by atoms with Crippen LogP contribution < -0.4 is 30.2 Å². The summed E-state index contributed by atoms with van der Waals surface area (Å²) in [7, 11) is 0. The molecule has 4 N–H and O–H groups in total. The van der Waals surface area contributed by atoms with E-state index < -0.39 is 0 Å². The molecule has 0 saturated carbocycles. The van der Waals surface area contributed by atoms with Gasteiger partial charge in [0.15, 0.2) is 0 Å². The van der Waals surface area contributed by atoms with E-state index in [1.54, 1.807) is 6.07 Å². The van der Waals surface area contributed by atoms with Crippen molar-refractivity contribution >= 4 is 23.0 Å². The number of nitrogens with zero attached hydrogens (tertiary/aromatic N) is 1. The van der Waals surface area contributed by atoms with Gasteiger partial charge in [-0.25, -0.2) is 0 Å². The molecular weight excluding hydrogens is 660 g/mol. The smallest absolute Gasteiger partial charge is 0.144 e. The van der Waals surface area contributed by atoms with E-state index in [9.17, 15) is 5.11 Å². The predicted octanol–water partition coefficient (Wildman–Crippen LogP) is 10.4. The predicted molar refractivity (Wildman–Crippen MR) is 220 cm³/mol. The van der Waals surface area contributed by atoms with E-state index in [0.717, 1.165) is 92.7 Å². The first-order valence-corrected chi connectivity index (χ1v) is 19.7. The largest absolute Gasteiger partial charge is 0.506 e. The SMILES string of the molecule is CC.CCCCNc1cc(OC(C)C)cc(O)c1NCc1ccc(OCCc2ccc(Cl)cc2)cc1OCCCN(CC)CC.CCCNCC. The van der Waals surface area contributed by atoms with Gasteiger partial charge >= 0.3 is 0 Å². The van der Waals surface area contributed by atoms with Gasteiger partial charge in [0.05, 0.1) is 25.0 Å². The number of aromatic hydroxyl groups is 1. The highest BCUT2D eigenvalue weighted by molar-refractivity contribution is 6.30. The molecule has 0 fully saturated rings. The molecule has 0 atom stereocenters. The Balaban J connectivity index is 0.00000147. The fraction of sp³-hybridized carbons (Fsp3) is 0.571. The lowest BCUT2D eigenvalue weighted by Gasteiger charge is -2.20. The molecule has 3 aromatic carbocycles. The summed E-state index contributed by atoms with van der Waals surface area (Å²) in [4.78, 5) is 2.39. The Hall–Kier alpha value is -3.33. The van der Waals surface area contributed by atoms with Gasteiger partial charge in [0, 0.05) is 54.8 Å². The number of anilines is 2. The molecule has 0 aliphatic rings. The Morgan fingerprint density at radius 3 is 2.12 bits per heavy atom. The number of phenols is 1. The van der Waals surface area contributed by atoms with Crippen LogP contribution in [0.25, 0.3) is 0 Å². The molecule has 3 aromatic rings. The van der Waals surface area contributed by atoms with Crippen LogP contribution in [0.3, 0.4) is 0 Å². The van der Waals surface area contributed by atoms with Crippen molar-refractivity contribution in [3.05, 3.63) is 70.7 Å². The van der Waals surface area contributed by atoms with Gasteiger partial charge < -0.3 is 40.2 Å². The summed E-state index contributed by atoms with van der Waals surface area (Å²) in [5, 5.41) is 21.8. The number of unbranched alkanes of at least 4 members (excludes halogenated alkanes) is 1. The zero-order valence-electron chi connectivity index (χ0n) is 33.2. The number of hydrogen-bond donors (Lipinski definition) is 4. The van der Waals surface area contributed by atoms with Crippen molar-refractivity contribution < 1.29 is 19.3 Å². The maximum atomic E-state index is 11.0. The molecule has 0 bridgehead atoms. The molecule has 0 aliphatic heterocycles. The number of halogens is 1. The molecule has 0 spiro atoms. The average Bonchev–Trinajstić information content (AvgIpc) is 3.13. The van der Waals surface area contributed by atoms with Crippen LogP contribution in [-0.2, 0) is 13.0 Å². The Bertz CT molecular complexity index is 1300. The summed E-state index contributed by atoms with van der Waals surface area (Å²) >= 11 is 6.02. The summed E-state index contributed by atoms with van der Waals surface area (Å²) in [6, 6.07) is 17.4. The lowest BCUT2D eigenvalue weighted by atomic mass is 10.1. The first-order chi connectivity index (χ1) is 24.7. The second kappa shape index (κ2) is 28.3. The fourth-order valence-corrected chi connectivity index (χ4v) is 5.18. The van der Waals surface area contributed by atoms with E-state index in [-0.39, 0.29) is 11.9 Å². The Morgan fingerprint density at radius 2 is 1.51 bits per heavy atom. The minimum atomic E-state index is 0.00932. The standard InChI is InChI=1S/C35H50ClN3O4.C5H13N.C2H6/c1-6-9-18-37-32-22-31(43-26(4)5)23-33(40)35(32)38-25-28-13-16-30(41-21-17-27-11-14-29(36)15-12-27)24-34(28)42-20-10-19-39(7-2)8-3;1-3-5-6-4-2;1-2/h11-16,22-24,26,37-38,40H,6-10,17-21,25H2,1-5H3;6H,3-5H2,1-2H3;1-2H3. The van der Waals surface area contributed by atoms with Gasteiger partial charge in [0.2, 0.25) is 0 Å². The lowest BCUT2D eigenvalue weighted by Crippen LogP contribution is -2.25. The van der Waals surface area contributed by atoms with E-state index in [2.05, 4.69) is 55.5 Å². The molecule has 8 nitrogen and oxygen atoms in total. The molecule has 0 unspecified atom stereocenters. The molecule has 51 heavy (non-hydrogen) atoms. The zero-order valence-corrected chi connectivity index (χ0v) is 33.9. The van der Waals surface area contributed by atoms with Crippen molar-refractivity contribution in [2.75, 3.05) is 63.1 Å². The molecule has 0 aliphatic carbocycles. The van der Waals surface area contributed by atoms with Crippen LogP contribution in [0.2, 0.25) is 5.02 Å².